The first-order valence-corrected chi connectivity index (χ1v) is 10.4. The van der Waals surface area contributed by atoms with Crippen LogP contribution in [0, 0.1) is 0 Å². The average molecular weight is 446 g/mol. The van der Waals surface area contributed by atoms with Crippen LogP contribution in [-0.2, 0) is 6.18 Å². The number of piperazine rings is 1. The van der Waals surface area contributed by atoms with Crippen LogP contribution in [0.2, 0.25) is 0 Å². The van der Waals surface area contributed by atoms with Gasteiger partial charge in [0.2, 0.25) is 0 Å². The Morgan fingerprint density at radius 3 is 2.34 bits per heavy atom. The first kappa shape index (κ1) is 22.0. The lowest BCUT2D eigenvalue weighted by Crippen LogP contribution is -2.56. The smallest absolute Gasteiger partial charge is 0.416 e. The molecule has 1 N–H and O–H groups in total. The number of carbonyl (C=O) groups excluding carboxylic acids is 1. The minimum Gasteiger partial charge on any atom is -0.454 e. The lowest BCUT2D eigenvalue weighted by Gasteiger charge is -2.37. The van der Waals surface area contributed by atoms with Crippen molar-refractivity contribution in [3.05, 3.63) is 53.6 Å². The molecule has 1 fully saturated rings. The van der Waals surface area contributed by atoms with Crippen molar-refractivity contribution in [2.24, 2.45) is 4.99 Å². The summed E-state index contributed by atoms with van der Waals surface area (Å²) in [6.45, 7) is 7.88. The number of amidine groups is 1. The highest BCUT2D eigenvalue weighted by molar-refractivity contribution is 6.03. The van der Waals surface area contributed by atoms with E-state index in [1.54, 1.807) is 17.0 Å². The van der Waals surface area contributed by atoms with Crippen molar-refractivity contribution < 1.29 is 22.7 Å². The number of fused-ring (bicyclic) bond motifs is 2. The van der Waals surface area contributed by atoms with Gasteiger partial charge in [0.05, 0.1) is 11.1 Å². The number of aliphatic imine (C=N–C) groups is 1. The average Bonchev–Trinajstić information content (AvgIpc) is 2.88. The van der Waals surface area contributed by atoms with E-state index in [0.717, 1.165) is 12.1 Å². The van der Waals surface area contributed by atoms with Gasteiger partial charge in [-0.05, 0) is 51.1 Å². The summed E-state index contributed by atoms with van der Waals surface area (Å²) < 4.78 is 45.4. The molecule has 170 valence electrons. The molecule has 0 bridgehead atoms. The van der Waals surface area contributed by atoms with E-state index in [2.05, 4.69) is 10.3 Å². The first-order chi connectivity index (χ1) is 15.0. The number of nitrogens with zero attached hydrogens (tertiary/aromatic N) is 3. The van der Waals surface area contributed by atoms with Crippen LogP contribution in [0.4, 0.5) is 23.7 Å². The summed E-state index contributed by atoms with van der Waals surface area (Å²) in [4.78, 5) is 21.0. The molecule has 9 heteroatoms. The van der Waals surface area contributed by atoms with Crippen molar-refractivity contribution in [2.45, 2.75) is 32.5 Å². The van der Waals surface area contributed by atoms with Crippen molar-refractivity contribution in [3.8, 4) is 11.5 Å². The molecule has 32 heavy (non-hydrogen) atoms. The minimum absolute atomic E-state index is 0.0606. The zero-order valence-corrected chi connectivity index (χ0v) is 18.2. The van der Waals surface area contributed by atoms with Crippen molar-refractivity contribution >= 4 is 17.6 Å². The van der Waals surface area contributed by atoms with Gasteiger partial charge in [0.1, 0.15) is 17.3 Å². The normalized spacial score (nSPS) is 16.4. The van der Waals surface area contributed by atoms with Gasteiger partial charge in [-0.25, -0.2) is 9.79 Å². The van der Waals surface area contributed by atoms with E-state index in [4.69, 9.17) is 4.74 Å². The molecule has 0 saturated carbocycles. The molecule has 2 amide bonds. The van der Waals surface area contributed by atoms with Gasteiger partial charge >= 0.3 is 12.2 Å². The standard InChI is InChI=1S/C23H25F3N4O2/c1-22(2,3)28-21(31)30-12-10-29(11-13-30)20-16-6-4-5-7-18(16)32-19-14-15(23(24,25)26)8-9-17(19)27-20/h4-9,14H,10-13H2,1-3H3,(H,28,31). The number of urea groups is 1. The summed E-state index contributed by atoms with van der Waals surface area (Å²) in [5.74, 6) is 1.12. The van der Waals surface area contributed by atoms with Crippen LogP contribution in [0.3, 0.4) is 0 Å². The zero-order valence-electron chi connectivity index (χ0n) is 18.2. The highest BCUT2D eigenvalue weighted by Crippen LogP contribution is 2.41. The molecule has 2 aromatic rings. The maximum absolute atomic E-state index is 13.2. The lowest BCUT2D eigenvalue weighted by molar-refractivity contribution is -0.137. The van der Waals surface area contributed by atoms with Gasteiger partial charge in [-0.2, -0.15) is 13.2 Å². The van der Waals surface area contributed by atoms with E-state index in [1.807, 2.05) is 37.8 Å². The van der Waals surface area contributed by atoms with E-state index >= 15 is 0 Å². The van der Waals surface area contributed by atoms with Crippen LogP contribution < -0.4 is 10.1 Å². The Labute approximate surface area is 184 Å². The summed E-state index contributed by atoms with van der Waals surface area (Å²) in [5.41, 5.74) is -0.0812. The number of para-hydroxylation sites is 1. The SMILES string of the molecule is CC(C)(C)NC(=O)N1CCN(C2=Nc3ccc(C(F)(F)F)cc3Oc3ccccc32)CC1. The molecule has 4 rings (SSSR count). The Morgan fingerprint density at radius 2 is 1.69 bits per heavy atom. The third kappa shape index (κ3) is 4.66. The second-order valence-electron chi connectivity index (χ2n) is 8.87. The number of ether oxygens (including phenoxy) is 1. The quantitative estimate of drug-likeness (QED) is 0.619. The fourth-order valence-electron chi connectivity index (χ4n) is 3.66. The molecule has 0 spiro atoms. The molecule has 2 aliphatic heterocycles. The van der Waals surface area contributed by atoms with Gasteiger partial charge in [0.25, 0.3) is 0 Å². The van der Waals surface area contributed by atoms with Crippen molar-refractivity contribution in [1.29, 1.82) is 0 Å². The van der Waals surface area contributed by atoms with Gasteiger partial charge < -0.3 is 19.9 Å². The predicted octanol–water partition coefficient (Wildman–Crippen LogP) is 5.02. The third-order valence-corrected chi connectivity index (χ3v) is 5.21. The van der Waals surface area contributed by atoms with Crippen molar-refractivity contribution in [1.82, 2.24) is 15.1 Å². The van der Waals surface area contributed by atoms with Crippen molar-refractivity contribution in [2.75, 3.05) is 26.2 Å². The fourth-order valence-corrected chi connectivity index (χ4v) is 3.66. The third-order valence-electron chi connectivity index (χ3n) is 5.21. The first-order valence-electron chi connectivity index (χ1n) is 10.4. The number of hydrogen-bond acceptors (Lipinski definition) is 4. The topological polar surface area (TPSA) is 57.2 Å². The van der Waals surface area contributed by atoms with E-state index in [1.165, 1.54) is 6.07 Å². The second kappa shape index (κ2) is 8.03. The van der Waals surface area contributed by atoms with E-state index in [9.17, 15) is 18.0 Å². The Hall–Kier alpha value is -3.23. The number of rotatable bonds is 0. The molecule has 2 heterocycles. The maximum Gasteiger partial charge on any atom is 0.416 e. The molecule has 0 aliphatic carbocycles. The molecule has 0 unspecified atom stereocenters. The number of carbonyl (C=O) groups is 1. The van der Waals surface area contributed by atoms with E-state index in [-0.39, 0.29) is 17.3 Å². The van der Waals surface area contributed by atoms with Crippen LogP contribution in [-0.4, -0.2) is 53.4 Å². The summed E-state index contributed by atoms with van der Waals surface area (Å²) >= 11 is 0. The van der Waals surface area contributed by atoms with Gasteiger partial charge in [0.15, 0.2) is 5.75 Å². The molecule has 1 saturated heterocycles. The van der Waals surface area contributed by atoms with E-state index < -0.39 is 11.7 Å². The summed E-state index contributed by atoms with van der Waals surface area (Å²) in [7, 11) is 0. The van der Waals surface area contributed by atoms with Gasteiger partial charge in [-0.15, -0.1) is 0 Å². The lowest BCUT2D eigenvalue weighted by atomic mass is 10.1. The molecule has 0 radical (unpaired) electrons. The molecule has 2 aliphatic rings. The maximum atomic E-state index is 13.2. The van der Waals surface area contributed by atoms with Crippen LogP contribution in [0.1, 0.15) is 31.9 Å². The number of benzene rings is 2. The highest BCUT2D eigenvalue weighted by Gasteiger charge is 2.33. The molecule has 2 aromatic carbocycles. The molecule has 6 nitrogen and oxygen atoms in total. The Balaban J connectivity index is 1.62. The highest BCUT2D eigenvalue weighted by atomic mass is 19.4. The molecular weight excluding hydrogens is 421 g/mol. The van der Waals surface area contributed by atoms with Crippen LogP contribution in [0.15, 0.2) is 47.5 Å². The number of nitrogens with one attached hydrogen (secondary N) is 1. The summed E-state index contributed by atoms with van der Waals surface area (Å²) in [6.07, 6.45) is -4.47. The minimum atomic E-state index is -4.47. The van der Waals surface area contributed by atoms with Crippen LogP contribution >= 0.6 is 0 Å². The monoisotopic (exact) mass is 446 g/mol. The largest absolute Gasteiger partial charge is 0.454 e. The molecule has 0 aromatic heterocycles. The number of halogens is 3. The number of amides is 2. The van der Waals surface area contributed by atoms with Crippen molar-refractivity contribution in [3.63, 3.8) is 0 Å². The van der Waals surface area contributed by atoms with Crippen LogP contribution in [0.5, 0.6) is 11.5 Å². The summed E-state index contributed by atoms with van der Waals surface area (Å²) in [6, 6.07) is 10.4. The van der Waals surface area contributed by atoms with Gasteiger partial charge in [-0.3, -0.25) is 0 Å². The Morgan fingerprint density at radius 1 is 1.00 bits per heavy atom. The van der Waals surface area contributed by atoms with Gasteiger partial charge in [0, 0.05) is 31.7 Å². The molecular formula is C23H25F3N4O2. The summed E-state index contributed by atoms with van der Waals surface area (Å²) in [5, 5.41) is 2.97. The van der Waals surface area contributed by atoms with Gasteiger partial charge in [-0.1, -0.05) is 12.1 Å². The predicted molar refractivity (Wildman–Crippen MR) is 116 cm³/mol. The zero-order chi connectivity index (χ0) is 23.1. The number of alkyl halides is 3. The second-order valence-corrected chi connectivity index (χ2v) is 8.87. The Kier molecular flexibility index (Phi) is 5.52. The Bertz CT molecular complexity index is 1050. The van der Waals surface area contributed by atoms with Crippen LogP contribution in [0.25, 0.3) is 0 Å². The number of hydrogen-bond donors (Lipinski definition) is 1. The van der Waals surface area contributed by atoms with E-state index in [0.29, 0.717) is 49.0 Å². The fraction of sp³-hybridized carbons (Fsp3) is 0.391. The molecule has 0 atom stereocenters.